The maximum Gasteiger partial charge on any atom is 0.253 e. The number of anilines is 1. The van der Waals surface area contributed by atoms with E-state index in [2.05, 4.69) is 15.6 Å². The number of carbonyl (C=O) groups is 1. The van der Waals surface area contributed by atoms with E-state index in [1.165, 1.54) is 18.3 Å². The molecule has 1 aromatic heterocycles. The van der Waals surface area contributed by atoms with Gasteiger partial charge >= 0.3 is 0 Å². The lowest BCUT2D eigenvalue weighted by molar-refractivity contribution is 0.0950. The van der Waals surface area contributed by atoms with Gasteiger partial charge in [-0.05, 0) is 30.7 Å². The van der Waals surface area contributed by atoms with Gasteiger partial charge in [-0.3, -0.25) is 4.79 Å². The molecule has 2 N–H and O–H groups in total. The van der Waals surface area contributed by atoms with E-state index < -0.39 is 0 Å². The molecule has 2 rings (SSSR count). The minimum atomic E-state index is -0.305. The molecule has 0 atom stereocenters. The highest BCUT2D eigenvalue weighted by atomic mass is 35.5. The van der Waals surface area contributed by atoms with Crippen LogP contribution in [0.4, 0.5) is 10.2 Å². The number of nitrogens with one attached hydrogen (secondary N) is 2. The minimum absolute atomic E-state index is 0.281. The van der Waals surface area contributed by atoms with Gasteiger partial charge in [-0.1, -0.05) is 23.7 Å². The van der Waals surface area contributed by atoms with Crippen LogP contribution in [0.15, 0.2) is 36.5 Å². The molecule has 0 saturated carbocycles. The molecule has 0 bridgehead atoms. The second-order valence-electron chi connectivity index (χ2n) is 4.39. The van der Waals surface area contributed by atoms with E-state index in [0.29, 0.717) is 29.5 Å². The Hall–Kier alpha value is -2.14. The largest absolute Gasteiger partial charge is 0.369 e. The fourth-order valence-corrected chi connectivity index (χ4v) is 1.98. The Bertz CT molecular complexity index is 631. The Kier molecular flexibility index (Phi) is 5.11. The van der Waals surface area contributed by atoms with Crippen LogP contribution >= 0.6 is 11.6 Å². The highest BCUT2D eigenvalue weighted by molar-refractivity contribution is 6.33. The number of rotatable bonds is 5. The van der Waals surface area contributed by atoms with Gasteiger partial charge < -0.3 is 10.6 Å². The molecule has 6 heteroatoms. The summed E-state index contributed by atoms with van der Waals surface area (Å²) in [7, 11) is 0. The van der Waals surface area contributed by atoms with Crippen molar-refractivity contribution in [3.05, 3.63) is 58.5 Å². The number of pyridine rings is 1. The summed E-state index contributed by atoms with van der Waals surface area (Å²) in [5.74, 6) is -0.0360. The van der Waals surface area contributed by atoms with E-state index in [1.807, 2.05) is 6.92 Å². The molecule has 1 aromatic carbocycles. The van der Waals surface area contributed by atoms with E-state index in [9.17, 15) is 9.18 Å². The van der Waals surface area contributed by atoms with Gasteiger partial charge in [0.05, 0.1) is 10.6 Å². The number of aromatic nitrogens is 1. The summed E-state index contributed by atoms with van der Waals surface area (Å²) in [6.07, 6.45) is 1.46. The molecule has 0 spiro atoms. The normalized spacial score (nSPS) is 10.2. The van der Waals surface area contributed by atoms with Gasteiger partial charge in [-0.2, -0.15) is 0 Å². The Morgan fingerprint density at radius 1 is 1.33 bits per heavy atom. The summed E-state index contributed by atoms with van der Waals surface area (Å²) >= 11 is 6.04. The van der Waals surface area contributed by atoms with Crippen molar-refractivity contribution in [1.29, 1.82) is 0 Å². The number of halogens is 2. The van der Waals surface area contributed by atoms with Crippen molar-refractivity contribution >= 4 is 23.3 Å². The number of hydrogen-bond donors (Lipinski definition) is 2. The molecule has 0 radical (unpaired) electrons. The van der Waals surface area contributed by atoms with Gasteiger partial charge in [-0.25, -0.2) is 9.37 Å². The quantitative estimate of drug-likeness (QED) is 0.891. The zero-order valence-corrected chi connectivity index (χ0v) is 12.2. The maximum absolute atomic E-state index is 12.8. The van der Waals surface area contributed by atoms with E-state index in [0.717, 1.165) is 5.56 Å². The number of amides is 1. The van der Waals surface area contributed by atoms with E-state index in [1.54, 1.807) is 18.2 Å². The predicted molar refractivity (Wildman–Crippen MR) is 81.0 cm³/mol. The molecule has 21 heavy (non-hydrogen) atoms. The topological polar surface area (TPSA) is 54.0 Å². The lowest BCUT2D eigenvalue weighted by Gasteiger charge is -2.08. The second kappa shape index (κ2) is 7.04. The fraction of sp³-hybridized carbons (Fsp3) is 0.200. The first-order valence-electron chi connectivity index (χ1n) is 6.52. The Morgan fingerprint density at radius 2 is 2.05 bits per heavy atom. The monoisotopic (exact) mass is 307 g/mol. The van der Waals surface area contributed by atoms with Gasteiger partial charge in [-0.15, -0.1) is 0 Å². The fourth-order valence-electron chi connectivity index (χ4n) is 1.75. The third-order valence-electron chi connectivity index (χ3n) is 2.81. The predicted octanol–water partition coefficient (Wildman–Crippen LogP) is 3.24. The first-order valence-corrected chi connectivity index (χ1v) is 6.90. The van der Waals surface area contributed by atoms with Crippen LogP contribution in [0.2, 0.25) is 5.02 Å². The molecule has 1 amide bonds. The third-order valence-corrected chi connectivity index (χ3v) is 3.10. The summed E-state index contributed by atoms with van der Waals surface area (Å²) in [5.41, 5.74) is 1.19. The summed E-state index contributed by atoms with van der Waals surface area (Å²) < 4.78 is 12.8. The molecule has 0 aliphatic heterocycles. The molecule has 0 unspecified atom stereocenters. The third kappa shape index (κ3) is 4.16. The Labute approximate surface area is 127 Å². The van der Waals surface area contributed by atoms with Crippen LogP contribution < -0.4 is 10.6 Å². The van der Waals surface area contributed by atoms with Gasteiger partial charge in [0.2, 0.25) is 0 Å². The molecule has 0 aliphatic carbocycles. The van der Waals surface area contributed by atoms with Crippen molar-refractivity contribution in [3.63, 3.8) is 0 Å². The maximum atomic E-state index is 12.8. The highest BCUT2D eigenvalue weighted by Gasteiger charge is 2.09. The van der Waals surface area contributed by atoms with E-state index in [-0.39, 0.29) is 11.7 Å². The average molecular weight is 308 g/mol. The minimum Gasteiger partial charge on any atom is -0.369 e. The average Bonchev–Trinajstić information content (AvgIpc) is 2.48. The highest BCUT2D eigenvalue weighted by Crippen LogP contribution is 2.19. The smallest absolute Gasteiger partial charge is 0.253 e. The first-order chi connectivity index (χ1) is 10.1. The van der Waals surface area contributed by atoms with Crippen molar-refractivity contribution in [1.82, 2.24) is 10.3 Å². The zero-order valence-electron chi connectivity index (χ0n) is 11.5. The number of benzene rings is 1. The molecule has 1 heterocycles. The molecular weight excluding hydrogens is 293 g/mol. The van der Waals surface area contributed by atoms with Crippen LogP contribution in [0.3, 0.4) is 0 Å². The second-order valence-corrected chi connectivity index (χ2v) is 4.80. The molecular formula is C15H15ClFN3O. The molecule has 110 valence electrons. The number of nitrogens with zero attached hydrogens (tertiary/aromatic N) is 1. The van der Waals surface area contributed by atoms with Crippen molar-refractivity contribution in [3.8, 4) is 0 Å². The van der Waals surface area contributed by atoms with E-state index >= 15 is 0 Å². The van der Waals surface area contributed by atoms with Crippen LogP contribution in [-0.2, 0) is 6.54 Å². The number of carbonyl (C=O) groups excluding carboxylic acids is 1. The summed E-state index contributed by atoms with van der Waals surface area (Å²) in [4.78, 5) is 16.1. The van der Waals surface area contributed by atoms with Crippen LogP contribution in [-0.4, -0.2) is 17.4 Å². The van der Waals surface area contributed by atoms with Gasteiger partial charge in [0.1, 0.15) is 11.6 Å². The van der Waals surface area contributed by atoms with Gasteiger partial charge in [0.15, 0.2) is 0 Å². The van der Waals surface area contributed by atoms with Gasteiger partial charge in [0.25, 0.3) is 5.91 Å². The van der Waals surface area contributed by atoms with Crippen molar-refractivity contribution < 1.29 is 9.18 Å². The SMILES string of the molecule is CCNc1ncc(C(=O)NCc2ccc(F)cc2)cc1Cl. The van der Waals surface area contributed by atoms with Gasteiger partial charge in [0, 0.05) is 19.3 Å². The number of hydrogen-bond acceptors (Lipinski definition) is 3. The standard InChI is InChI=1S/C15H15ClFN3O/c1-2-18-14-13(16)7-11(9-19-14)15(21)20-8-10-3-5-12(17)6-4-10/h3-7,9H,2,8H2,1H3,(H,18,19)(H,20,21). The Morgan fingerprint density at radius 3 is 2.67 bits per heavy atom. The summed E-state index contributed by atoms with van der Waals surface area (Å²) in [6, 6.07) is 7.51. The lowest BCUT2D eigenvalue weighted by Crippen LogP contribution is -2.23. The summed E-state index contributed by atoms with van der Waals surface area (Å²) in [5, 5.41) is 6.12. The molecule has 0 aliphatic rings. The van der Waals surface area contributed by atoms with Crippen molar-refractivity contribution in [2.75, 3.05) is 11.9 Å². The Balaban J connectivity index is 2.00. The van der Waals surface area contributed by atoms with Crippen molar-refractivity contribution in [2.45, 2.75) is 13.5 Å². The van der Waals surface area contributed by atoms with Crippen LogP contribution in [0, 0.1) is 5.82 Å². The molecule has 0 saturated heterocycles. The molecule has 2 aromatic rings. The lowest BCUT2D eigenvalue weighted by atomic mass is 10.2. The van der Waals surface area contributed by atoms with Crippen LogP contribution in [0.25, 0.3) is 0 Å². The van der Waals surface area contributed by atoms with Crippen LogP contribution in [0.5, 0.6) is 0 Å². The molecule has 4 nitrogen and oxygen atoms in total. The molecule has 0 fully saturated rings. The summed E-state index contributed by atoms with van der Waals surface area (Å²) in [6.45, 7) is 2.94. The zero-order chi connectivity index (χ0) is 15.2. The van der Waals surface area contributed by atoms with E-state index in [4.69, 9.17) is 11.6 Å². The first kappa shape index (κ1) is 15.3. The van der Waals surface area contributed by atoms with Crippen molar-refractivity contribution in [2.24, 2.45) is 0 Å². The van der Waals surface area contributed by atoms with Crippen LogP contribution in [0.1, 0.15) is 22.8 Å².